The van der Waals surface area contributed by atoms with Crippen LogP contribution in [0.5, 0.6) is 0 Å². The fraction of sp³-hybridized carbons (Fsp3) is 0.286. The van der Waals surface area contributed by atoms with Crippen molar-refractivity contribution in [2.45, 2.75) is 26.8 Å². The number of carbonyl (C=O) groups is 2. The second-order valence-corrected chi connectivity index (χ2v) is 4.45. The topological polar surface area (TPSA) is 105 Å². The van der Waals surface area contributed by atoms with Crippen LogP contribution in [-0.2, 0) is 13.0 Å². The van der Waals surface area contributed by atoms with E-state index in [0.717, 1.165) is 0 Å². The molecule has 7 heteroatoms. The predicted octanol–water partition coefficient (Wildman–Crippen LogP) is 1.57. The smallest absolute Gasteiger partial charge is 0.371 e. The third-order valence-corrected chi connectivity index (χ3v) is 2.87. The van der Waals surface area contributed by atoms with Gasteiger partial charge in [-0.05, 0) is 31.5 Å². The first-order valence-corrected chi connectivity index (χ1v) is 6.44. The van der Waals surface area contributed by atoms with Crippen LogP contribution in [0.15, 0.2) is 22.6 Å². The molecule has 2 aromatic heterocycles. The maximum absolute atomic E-state index is 12.2. The van der Waals surface area contributed by atoms with Crippen molar-refractivity contribution in [2.75, 3.05) is 0 Å². The van der Waals surface area contributed by atoms with E-state index < -0.39 is 5.97 Å². The normalized spacial score (nSPS) is 10.4. The number of carbonyl (C=O) groups excluding carboxylic acids is 1. The molecule has 1 amide bonds. The number of amides is 1. The number of carboxylic acid groups (broad SMARTS) is 1. The van der Waals surface area contributed by atoms with E-state index in [9.17, 15) is 9.59 Å². The summed E-state index contributed by atoms with van der Waals surface area (Å²) in [4.78, 5) is 22.9. The van der Waals surface area contributed by atoms with Gasteiger partial charge in [0.1, 0.15) is 5.76 Å². The van der Waals surface area contributed by atoms with Crippen LogP contribution < -0.4 is 5.32 Å². The minimum atomic E-state index is -1.14. The average molecular weight is 289 g/mol. The van der Waals surface area contributed by atoms with Crippen molar-refractivity contribution in [2.24, 2.45) is 0 Å². The number of hydrogen-bond donors (Lipinski definition) is 2. The molecule has 0 radical (unpaired) electrons. The van der Waals surface area contributed by atoms with Gasteiger partial charge < -0.3 is 14.8 Å². The molecule has 2 N–H and O–H groups in total. The predicted molar refractivity (Wildman–Crippen MR) is 73.0 cm³/mol. The highest BCUT2D eigenvalue weighted by Gasteiger charge is 2.14. The van der Waals surface area contributed by atoms with E-state index in [1.54, 1.807) is 13.0 Å². The van der Waals surface area contributed by atoms with E-state index in [1.807, 2.05) is 6.92 Å². The summed E-state index contributed by atoms with van der Waals surface area (Å²) in [6.45, 7) is 3.76. The Kier molecular flexibility index (Phi) is 4.32. The molecule has 0 spiro atoms. The summed E-state index contributed by atoms with van der Waals surface area (Å²) < 4.78 is 5.07. The van der Waals surface area contributed by atoms with Gasteiger partial charge >= 0.3 is 5.97 Å². The van der Waals surface area contributed by atoms with Crippen molar-refractivity contribution in [1.82, 2.24) is 15.5 Å². The van der Waals surface area contributed by atoms with Gasteiger partial charge in [-0.15, -0.1) is 0 Å². The lowest BCUT2D eigenvalue weighted by molar-refractivity contribution is 0.0660. The van der Waals surface area contributed by atoms with Crippen LogP contribution in [-0.4, -0.2) is 27.2 Å². The van der Waals surface area contributed by atoms with Gasteiger partial charge in [-0.1, -0.05) is 6.92 Å². The Labute approximate surface area is 121 Å². The minimum absolute atomic E-state index is 0.108. The zero-order chi connectivity index (χ0) is 15.4. The van der Waals surface area contributed by atoms with Gasteiger partial charge in [-0.3, -0.25) is 4.79 Å². The van der Waals surface area contributed by atoms with E-state index >= 15 is 0 Å². The van der Waals surface area contributed by atoms with Crippen molar-refractivity contribution in [3.05, 3.63) is 46.7 Å². The Morgan fingerprint density at radius 3 is 2.71 bits per heavy atom. The van der Waals surface area contributed by atoms with Gasteiger partial charge in [0.2, 0.25) is 5.76 Å². The van der Waals surface area contributed by atoms with Crippen LogP contribution in [0, 0.1) is 6.92 Å². The molecule has 0 saturated carbocycles. The number of nitrogens with one attached hydrogen (secondary N) is 1. The number of hydrogen-bond acceptors (Lipinski definition) is 5. The summed E-state index contributed by atoms with van der Waals surface area (Å²) in [7, 11) is 0. The molecule has 0 atom stereocenters. The lowest BCUT2D eigenvalue weighted by Gasteiger charge is -2.07. The summed E-state index contributed by atoms with van der Waals surface area (Å²) in [5, 5.41) is 19.3. The van der Waals surface area contributed by atoms with Crippen molar-refractivity contribution < 1.29 is 19.1 Å². The number of carboxylic acids is 1. The van der Waals surface area contributed by atoms with Crippen molar-refractivity contribution in [1.29, 1.82) is 0 Å². The summed E-state index contributed by atoms with van der Waals surface area (Å²) in [6.07, 6.45) is 0.597. The summed E-state index contributed by atoms with van der Waals surface area (Å²) in [5.41, 5.74) is 1.74. The highest BCUT2D eigenvalue weighted by atomic mass is 16.4. The summed E-state index contributed by atoms with van der Waals surface area (Å²) >= 11 is 0. The van der Waals surface area contributed by atoms with Crippen molar-refractivity contribution in [3.63, 3.8) is 0 Å². The van der Waals surface area contributed by atoms with Gasteiger partial charge in [-0.25, -0.2) is 4.79 Å². The van der Waals surface area contributed by atoms with Gasteiger partial charge in [0.25, 0.3) is 5.91 Å². The van der Waals surface area contributed by atoms with E-state index in [0.29, 0.717) is 29.1 Å². The first kappa shape index (κ1) is 14.7. The van der Waals surface area contributed by atoms with E-state index in [1.165, 1.54) is 12.1 Å². The number of nitrogens with zero attached hydrogens (tertiary/aromatic N) is 2. The largest absolute Gasteiger partial charge is 0.475 e. The minimum Gasteiger partial charge on any atom is -0.475 e. The Morgan fingerprint density at radius 1 is 1.33 bits per heavy atom. The van der Waals surface area contributed by atoms with E-state index in [2.05, 4.69) is 15.5 Å². The van der Waals surface area contributed by atoms with Crippen LogP contribution in [0.1, 0.15) is 45.0 Å². The Bertz CT molecular complexity index is 679. The van der Waals surface area contributed by atoms with Crippen LogP contribution in [0.25, 0.3) is 0 Å². The zero-order valence-corrected chi connectivity index (χ0v) is 11.7. The monoisotopic (exact) mass is 289 g/mol. The number of aromatic carboxylic acids is 1. The molecule has 7 nitrogen and oxygen atoms in total. The second-order valence-electron chi connectivity index (χ2n) is 4.45. The number of furan rings is 1. The fourth-order valence-corrected chi connectivity index (χ4v) is 1.82. The molecule has 0 unspecified atom stereocenters. The number of rotatable bonds is 5. The molecule has 2 heterocycles. The zero-order valence-electron chi connectivity index (χ0n) is 11.7. The van der Waals surface area contributed by atoms with E-state index in [-0.39, 0.29) is 18.2 Å². The van der Waals surface area contributed by atoms with E-state index in [4.69, 9.17) is 9.52 Å². The summed E-state index contributed by atoms with van der Waals surface area (Å²) in [6, 6.07) is 4.53. The molecular weight excluding hydrogens is 274 g/mol. The maximum Gasteiger partial charge on any atom is 0.371 e. The molecule has 0 saturated heterocycles. The fourth-order valence-electron chi connectivity index (χ4n) is 1.82. The molecule has 0 aliphatic heterocycles. The highest BCUT2D eigenvalue weighted by molar-refractivity contribution is 5.95. The Balaban J connectivity index is 2.07. The first-order chi connectivity index (χ1) is 10.0. The van der Waals surface area contributed by atoms with Gasteiger partial charge in [0.05, 0.1) is 23.5 Å². The van der Waals surface area contributed by atoms with Gasteiger partial charge in [-0.2, -0.15) is 10.2 Å². The molecule has 2 rings (SSSR count). The lowest BCUT2D eigenvalue weighted by Crippen LogP contribution is -2.24. The van der Waals surface area contributed by atoms with Crippen molar-refractivity contribution in [3.8, 4) is 0 Å². The lowest BCUT2D eigenvalue weighted by atomic mass is 10.1. The molecule has 0 bridgehead atoms. The molecule has 0 fully saturated rings. The quantitative estimate of drug-likeness (QED) is 0.865. The standard InChI is InChI=1S/C14H15N3O4/c1-3-11-10(6-8(2)16-17-11)13(18)15-7-9-4-5-12(21-9)14(19)20/h4-6H,3,7H2,1-2H3,(H,15,18)(H,19,20). The van der Waals surface area contributed by atoms with Crippen molar-refractivity contribution >= 4 is 11.9 Å². The molecule has 0 aromatic carbocycles. The summed E-state index contributed by atoms with van der Waals surface area (Å²) in [5.74, 6) is -1.22. The molecule has 0 aliphatic rings. The second kappa shape index (κ2) is 6.17. The Hall–Kier alpha value is -2.70. The molecule has 0 aliphatic carbocycles. The SMILES string of the molecule is CCc1nnc(C)cc1C(=O)NCc1ccc(C(=O)O)o1. The maximum atomic E-state index is 12.2. The molecule has 21 heavy (non-hydrogen) atoms. The number of aryl methyl sites for hydroxylation is 2. The molecule has 2 aromatic rings. The first-order valence-electron chi connectivity index (χ1n) is 6.44. The third-order valence-electron chi connectivity index (χ3n) is 2.87. The molecular formula is C14H15N3O4. The molecule has 110 valence electrons. The highest BCUT2D eigenvalue weighted by Crippen LogP contribution is 2.10. The third kappa shape index (κ3) is 3.44. The average Bonchev–Trinajstić information content (AvgIpc) is 2.94. The van der Waals surface area contributed by atoms with Gasteiger partial charge in [0.15, 0.2) is 0 Å². The van der Waals surface area contributed by atoms with Crippen LogP contribution >= 0.6 is 0 Å². The van der Waals surface area contributed by atoms with Crippen LogP contribution in [0.2, 0.25) is 0 Å². The Morgan fingerprint density at radius 2 is 2.10 bits per heavy atom. The van der Waals surface area contributed by atoms with Gasteiger partial charge in [0, 0.05) is 0 Å². The number of aromatic nitrogens is 2. The van der Waals surface area contributed by atoms with Crippen LogP contribution in [0.4, 0.5) is 0 Å². The van der Waals surface area contributed by atoms with Crippen LogP contribution in [0.3, 0.4) is 0 Å².